The molecule has 1 aliphatic heterocycles. The third-order valence-electron chi connectivity index (χ3n) is 5.73. The average Bonchev–Trinajstić information content (AvgIpc) is 2.73. The van der Waals surface area contributed by atoms with Gasteiger partial charge in [-0.3, -0.25) is 9.59 Å². The van der Waals surface area contributed by atoms with Crippen LogP contribution in [0.3, 0.4) is 0 Å². The molecule has 0 aromatic heterocycles. The number of rotatable bonds is 5. The Bertz CT molecular complexity index is 865. The van der Waals surface area contributed by atoms with E-state index < -0.39 is 0 Å². The minimum atomic E-state index is -0.374. The summed E-state index contributed by atoms with van der Waals surface area (Å²) in [5, 5.41) is 3.04. The van der Waals surface area contributed by atoms with Crippen LogP contribution in [0.1, 0.15) is 60.6 Å². The van der Waals surface area contributed by atoms with Crippen molar-refractivity contribution in [2.75, 3.05) is 6.54 Å². The molecule has 2 aromatic carbocycles. The monoisotopic (exact) mass is 396 g/mol. The molecule has 0 spiro atoms. The van der Waals surface area contributed by atoms with Gasteiger partial charge in [0.1, 0.15) is 5.82 Å². The second-order valence-corrected chi connectivity index (χ2v) is 7.99. The Hall–Kier alpha value is -2.69. The molecule has 0 saturated carbocycles. The van der Waals surface area contributed by atoms with Crippen LogP contribution in [0.2, 0.25) is 0 Å². The summed E-state index contributed by atoms with van der Waals surface area (Å²) in [6.45, 7) is 6.40. The number of piperidine rings is 1. The SMILES string of the molecule is CC[C@H](C)NC(=O)[C@@H]1CC[C@@H](c2cccc(C)c2)N(C(=O)c2ccc(F)cc2)C1. The minimum absolute atomic E-state index is 0.000974. The van der Waals surface area contributed by atoms with Crippen LogP contribution in [-0.2, 0) is 4.79 Å². The summed E-state index contributed by atoms with van der Waals surface area (Å²) in [7, 11) is 0. The average molecular weight is 397 g/mol. The summed E-state index contributed by atoms with van der Waals surface area (Å²) in [5.41, 5.74) is 2.64. The fourth-order valence-corrected chi connectivity index (χ4v) is 3.85. The molecule has 3 atom stereocenters. The van der Waals surface area contributed by atoms with E-state index in [-0.39, 0.29) is 35.6 Å². The first-order valence-electron chi connectivity index (χ1n) is 10.3. The van der Waals surface area contributed by atoms with Gasteiger partial charge in [0.25, 0.3) is 5.91 Å². The van der Waals surface area contributed by atoms with Crippen molar-refractivity contribution in [3.8, 4) is 0 Å². The molecule has 1 aliphatic rings. The van der Waals surface area contributed by atoms with E-state index in [4.69, 9.17) is 0 Å². The van der Waals surface area contributed by atoms with Crippen LogP contribution in [0.5, 0.6) is 0 Å². The van der Waals surface area contributed by atoms with Gasteiger partial charge in [0.2, 0.25) is 5.91 Å². The lowest BCUT2D eigenvalue weighted by Gasteiger charge is -2.40. The highest BCUT2D eigenvalue weighted by atomic mass is 19.1. The largest absolute Gasteiger partial charge is 0.353 e. The van der Waals surface area contributed by atoms with E-state index in [0.717, 1.165) is 30.4 Å². The van der Waals surface area contributed by atoms with E-state index in [1.165, 1.54) is 24.3 Å². The molecule has 1 saturated heterocycles. The number of hydrogen-bond acceptors (Lipinski definition) is 2. The van der Waals surface area contributed by atoms with Gasteiger partial charge < -0.3 is 10.2 Å². The van der Waals surface area contributed by atoms with E-state index in [9.17, 15) is 14.0 Å². The van der Waals surface area contributed by atoms with E-state index in [1.54, 1.807) is 4.90 Å². The number of aryl methyl sites for hydroxylation is 1. The van der Waals surface area contributed by atoms with Gasteiger partial charge in [0, 0.05) is 18.2 Å². The lowest BCUT2D eigenvalue weighted by atomic mass is 9.87. The molecule has 2 aromatic rings. The molecule has 1 fully saturated rings. The quantitative estimate of drug-likeness (QED) is 0.800. The Balaban J connectivity index is 1.88. The molecule has 29 heavy (non-hydrogen) atoms. The van der Waals surface area contributed by atoms with Gasteiger partial charge in [-0.15, -0.1) is 0 Å². The van der Waals surface area contributed by atoms with E-state index >= 15 is 0 Å². The fourth-order valence-electron chi connectivity index (χ4n) is 3.85. The Morgan fingerprint density at radius 1 is 1.17 bits per heavy atom. The highest BCUT2D eigenvalue weighted by molar-refractivity contribution is 5.95. The van der Waals surface area contributed by atoms with Gasteiger partial charge >= 0.3 is 0 Å². The van der Waals surface area contributed by atoms with E-state index in [1.807, 2.05) is 39.0 Å². The smallest absolute Gasteiger partial charge is 0.254 e. The summed E-state index contributed by atoms with van der Waals surface area (Å²) in [6, 6.07) is 13.8. The van der Waals surface area contributed by atoms with Crippen molar-refractivity contribution in [1.29, 1.82) is 0 Å². The number of carbonyl (C=O) groups excluding carboxylic acids is 2. The summed E-state index contributed by atoms with van der Waals surface area (Å²) in [5.74, 6) is -0.785. The molecule has 3 rings (SSSR count). The summed E-state index contributed by atoms with van der Waals surface area (Å²) in [6.07, 6.45) is 2.31. The topological polar surface area (TPSA) is 49.4 Å². The standard InChI is InChI=1S/C24H29FN2O2/c1-4-17(3)26-23(28)20-10-13-22(19-7-5-6-16(2)14-19)27(15-20)24(29)18-8-11-21(25)12-9-18/h5-9,11-12,14,17,20,22H,4,10,13,15H2,1-3H3,(H,26,28)/t17-,20+,22-/m0/s1. The first-order valence-corrected chi connectivity index (χ1v) is 10.3. The molecule has 5 heteroatoms. The molecule has 0 radical (unpaired) electrons. The van der Waals surface area contributed by atoms with Crippen molar-refractivity contribution >= 4 is 11.8 Å². The predicted octanol–water partition coefficient (Wildman–Crippen LogP) is 4.64. The Kier molecular flexibility index (Phi) is 6.68. The van der Waals surface area contributed by atoms with Crippen LogP contribution in [0.25, 0.3) is 0 Å². The maximum Gasteiger partial charge on any atom is 0.254 e. The van der Waals surface area contributed by atoms with Gasteiger partial charge in [-0.25, -0.2) is 4.39 Å². The molecule has 0 bridgehead atoms. The third kappa shape index (κ3) is 5.03. The van der Waals surface area contributed by atoms with Crippen LogP contribution >= 0.6 is 0 Å². The van der Waals surface area contributed by atoms with Crippen molar-refractivity contribution in [2.24, 2.45) is 5.92 Å². The first-order chi connectivity index (χ1) is 13.9. The van der Waals surface area contributed by atoms with Gasteiger partial charge in [-0.05, 0) is 62.9 Å². The highest BCUT2D eigenvalue weighted by Crippen LogP contribution is 2.35. The normalized spacial score (nSPS) is 20.2. The second kappa shape index (κ2) is 9.21. The number of nitrogens with one attached hydrogen (secondary N) is 1. The fraction of sp³-hybridized carbons (Fsp3) is 0.417. The Morgan fingerprint density at radius 3 is 2.55 bits per heavy atom. The van der Waals surface area contributed by atoms with Crippen LogP contribution in [0, 0.1) is 18.7 Å². The molecular weight excluding hydrogens is 367 g/mol. The number of amides is 2. The number of hydrogen-bond donors (Lipinski definition) is 1. The Labute approximate surface area is 172 Å². The van der Waals surface area contributed by atoms with E-state index in [2.05, 4.69) is 11.4 Å². The number of carbonyl (C=O) groups is 2. The van der Waals surface area contributed by atoms with Crippen LogP contribution in [0.15, 0.2) is 48.5 Å². The maximum atomic E-state index is 13.3. The first kappa shape index (κ1) is 21.0. The minimum Gasteiger partial charge on any atom is -0.353 e. The molecule has 154 valence electrons. The number of benzene rings is 2. The summed E-state index contributed by atoms with van der Waals surface area (Å²) < 4.78 is 13.3. The summed E-state index contributed by atoms with van der Waals surface area (Å²) in [4.78, 5) is 27.8. The van der Waals surface area contributed by atoms with Gasteiger partial charge in [-0.1, -0.05) is 36.8 Å². The van der Waals surface area contributed by atoms with Crippen LogP contribution < -0.4 is 5.32 Å². The molecule has 2 amide bonds. The molecule has 0 unspecified atom stereocenters. The summed E-state index contributed by atoms with van der Waals surface area (Å²) >= 11 is 0. The van der Waals surface area contributed by atoms with Crippen LogP contribution in [0.4, 0.5) is 4.39 Å². The zero-order chi connectivity index (χ0) is 21.0. The van der Waals surface area contributed by atoms with Gasteiger partial charge in [0.05, 0.1) is 12.0 Å². The lowest BCUT2D eigenvalue weighted by molar-refractivity contribution is -0.127. The third-order valence-corrected chi connectivity index (χ3v) is 5.73. The van der Waals surface area contributed by atoms with Crippen molar-refractivity contribution in [3.05, 3.63) is 71.0 Å². The molecule has 0 aliphatic carbocycles. The zero-order valence-corrected chi connectivity index (χ0v) is 17.3. The van der Waals surface area contributed by atoms with Crippen molar-refractivity contribution in [2.45, 2.75) is 52.1 Å². The second-order valence-electron chi connectivity index (χ2n) is 7.99. The Morgan fingerprint density at radius 2 is 1.90 bits per heavy atom. The maximum absolute atomic E-state index is 13.3. The van der Waals surface area contributed by atoms with Crippen molar-refractivity contribution in [3.63, 3.8) is 0 Å². The number of halogens is 1. The predicted molar refractivity (Wildman–Crippen MR) is 112 cm³/mol. The van der Waals surface area contributed by atoms with Crippen molar-refractivity contribution in [1.82, 2.24) is 10.2 Å². The molecule has 1 N–H and O–H groups in total. The zero-order valence-electron chi connectivity index (χ0n) is 17.3. The number of nitrogens with zero attached hydrogens (tertiary/aromatic N) is 1. The molecule has 4 nitrogen and oxygen atoms in total. The molecule has 1 heterocycles. The van der Waals surface area contributed by atoms with Gasteiger partial charge in [-0.2, -0.15) is 0 Å². The lowest BCUT2D eigenvalue weighted by Crippen LogP contribution is -2.48. The van der Waals surface area contributed by atoms with Gasteiger partial charge in [0.15, 0.2) is 0 Å². The molecular formula is C24H29FN2O2. The van der Waals surface area contributed by atoms with E-state index in [0.29, 0.717) is 12.1 Å². The van der Waals surface area contributed by atoms with Crippen molar-refractivity contribution < 1.29 is 14.0 Å². The highest BCUT2D eigenvalue weighted by Gasteiger charge is 2.36. The number of likely N-dealkylation sites (tertiary alicyclic amines) is 1. The van der Waals surface area contributed by atoms with Crippen LogP contribution in [-0.4, -0.2) is 29.3 Å².